The topological polar surface area (TPSA) is 104 Å². The third-order valence-electron chi connectivity index (χ3n) is 6.37. The van der Waals surface area contributed by atoms with E-state index < -0.39 is 15.9 Å². The van der Waals surface area contributed by atoms with Gasteiger partial charge in [0.05, 0.1) is 16.1 Å². The van der Waals surface area contributed by atoms with Crippen molar-refractivity contribution in [3.05, 3.63) is 89.0 Å². The Morgan fingerprint density at radius 2 is 1.58 bits per heavy atom. The Labute approximate surface area is 212 Å². The van der Waals surface area contributed by atoms with Crippen molar-refractivity contribution in [3.63, 3.8) is 0 Å². The van der Waals surface area contributed by atoms with Crippen LogP contribution in [-0.2, 0) is 10.0 Å². The van der Waals surface area contributed by atoms with Crippen LogP contribution in [0, 0.1) is 13.8 Å². The molecule has 3 aromatic rings. The summed E-state index contributed by atoms with van der Waals surface area (Å²) in [5.74, 6) is -0.729. The Hall–Kier alpha value is -3.65. The predicted molar refractivity (Wildman–Crippen MR) is 142 cm³/mol. The smallest absolute Gasteiger partial charge is 0.262 e. The third-order valence-corrected chi connectivity index (χ3v) is 7.89. The molecule has 1 fully saturated rings. The third kappa shape index (κ3) is 6.12. The van der Waals surface area contributed by atoms with Gasteiger partial charge in [0.25, 0.3) is 21.8 Å². The van der Waals surface area contributed by atoms with Gasteiger partial charge in [-0.05, 0) is 74.2 Å². The first-order chi connectivity index (χ1) is 17.2. The molecule has 188 valence electrons. The minimum atomic E-state index is -3.92. The van der Waals surface area contributed by atoms with E-state index in [4.69, 9.17) is 0 Å². The van der Waals surface area contributed by atoms with E-state index in [1.165, 1.54) is 12.5 Å². The maximum absolute atomic E-state index is 13.1. The summed E-state index contributed by atoms with van der Waals surface area (Å²) in [4.78, 5) is 26.1. The Morgan fingerprint density at radius 1 is 0.833 bits per heavy atom. The van der Waals surface area contributed by atoms with Crippen LogP contribution in [0.4, 0.5) is 11.4 Å². The number of aryl methyl sites for hydroxylation is 2. The number of sulfonamides is 1. The number of anilines is 2. The highest BCUT2D eigenvalue weighted by molar-refractivity contribution is 7.92. The molecule has 3 aromatic carbocycles. The molecule has 0 saturated heterocycles. The van der Waals surface area contributed by atoms with Crippen molar-refractivity contribution in [3.8, 4) is 0 Å². The van der Waals surface area contributed by atoms with E-state index in [2.05, 4.69) is 15.4 Å². The normalized spacial score (nSPS) is 14.2. The molecule has 0 radical (unpaired) electrons. The van der Waals surface area contributed by atoms with Gasteiger partial charge in [0, 0.05) is 17.3 Å². The van der Waals surface area contributed by atoms with E-state index in [-0.39, 0.29) is 22.4 Å². The van der Waals surface area contributed by atoms with Gasteiger partial charge in [-0.15, -0.1) is 0 Å². The van der Waals surface area contributed by atoms with Crippen molar-refractivity contribution in [1.82, 2.24) is 5.32 Å². The van der Waals surface area contributed by atoms with Crippen molar-refractivity contribution < 1.29 is 18.0 Å². The molecule has 7 nitrogen and oxygen atoms in total. The van der Waals surface area contributed by atoms with Gasteiger partial charge < -0.3 is 10.6 Å². The lowest BCUT2D eigenvalue weighted by molar-refractivity contribution is 0.0928. The number of amides is 2. The summed E-state index contributed by atoms with van der Waals surface area (Å²) in [7, 11) is -3.92. The lowest BCUT2D eigenvalue weighted by atomic mass is 9.95. The highest BCUT2D eigenvalue weighted by Crippen LogP contribution is 2.24. The standard InChI is InChI=1S/C28H31N3O4S/c1-19-9-8-12-23(17-19)31-36(34,35)26-18-21(16-15-20(26)2)27(32)30-25-14-7-6-13-24(25)28(33)29-22-10-4-3-5-11-22/h6-9,12-18,22,31H,3-5,10-11H2,1-2H3,(H,29,33)(H,30,32). The van der Waals surface area contributed by atoms with Crippen LogP contribution in [0.15, 0.2) is 71.6 Å². The number of hydrogen-bond donors (Lipinski definition) is 3. The van der Waals surface area contributed by atoms with Crippen molar-refractivity contribution >= 4 is 33.2 Å². The number of carbonyl (C=O) groups excluding carboxylic acids is 2. The summed E-state index contributed by atoms with van der Waals surface area (Å²) in [5.41, 5.74) is 2.80. The fourth-order valence-corrected chi connectivity index (χ4v) is 5.77. The first-order valence-electron chi connectivity index (χ1n) is 12.1. The largest absolute Gasteiger partial charge is 0.349 e. The average Bonchev–Trinajstić information content (AvgIpc) is 2.85. The molecular formula is C28H31N3O4S. The second kappa shape index (κ2) is 11.0. The van der Waals surface area contributed by atoms with Crippen LogP contribution in [0.25, 0.3) is 0 Å². The number of carbonyl (C=O) groups is 2. The molecule has 2 amide bonds. The molecule has 8 heteroatoms. The summed E-state index contributed by atoms with van der Waals surface area (Å²) in [6.07, 6.45) is 5.30. The Kier molecular flexibility index (Phi) is 7.74. The molecule has 0 atom stereocenters. The van der Waals surface area contributed by atoms with Crippen LogP contribution in [0.1, 0.15) is 63.9 Å². The van der Waals surface area contributed by atoms with E-state index >= 15 is 0 Å². The average molecular weight is 506 g/mol. The Balaban J connectivity index is 1.54. The molecule has 0 aromatic heterocycles. The van der Waals surface area contributed by atoms with Gasteiger partial charge in [-0.1, -0.05) is 49.6 Å². The van der Waals surface area contributed by atoms with Crippen LogP contribution in [-0.4, -0.2) is 26.3 Å². The molecule has 1 aliphatic rings. The molecule has 0 bridgehead atoms. The summed E-state index contributed by atoms with van der Waals surface area (Å²) in [6.45, 7) is 3.55. The zero-order valence-corrected chi connectivity index (χ0v) is 21.3. The van der Waals surface area contributed by atoms with Gasteiger partial charge in [-0.3, -0.25) is 14.3 Å². The van der Waals surface area contributed by atoms with E-state index in [1.807, 2.05) is 13.0 Å². The van der Waals surface area contributed by atoms with Gasteiger partial charge in [0.2, 0.25) is 0 Å². The van der Waals surface area contributed by atoms with Crippen molar-refractivity contribution in [1.29, 1.82) is 0 Å². The Morgan fingerprint density at radius 3 is 2.33 bits per heavy atom. The van der Waals surface area contributed by atoms with Crippen molar-refractivity contribution in [2.24, 2.45) is 0 Å². The van der Waals surface area contributed by atoms with Gasteiger partial charge in [-0.2, -0.15) is 0 Å². The van der Waals surface area contributed by atoms with E-state index in [9.17, 15) is 18.0 Å². The summed E-state index contributed by atoms with van der Waals surface area (Å²) < 4.78 is 28.8. The van der Waals surface area contributed by atoms with E-state index in [0.717, 1.165) is 31.2 Å². The number of nitrogens with one attached hydrogen (secondary N) is 3. The highest BCUT2D eigenvalue weighted by atomic mass is 32.2. The van der Waals surface area contributed by atoms with Crippen LogP contribution >= 0.6 is 0 Å². The van der Waals surface area contributed by atoms with Gasteiger partial charge in [0.15, 0.2) is 0 Å². The molecule has 36 heavy (non-hydrogen) atoms. The fourth-order valence-electron chi connectivity index (χ4n) is 4.44. The van der Waals surface area contributed by atoms with Crippen LogP contribution in [0.5, 0.6) is 0 Å². The van der Waals surface area contributed by atoms with Crippen LogP contribution in [0.3, 0.4) is 0 Å². The fraction of sp³-hybridized carbons (Fsp3) is 0.286. The second-order valence-electron chi connectivity index (χ2n) is 9.26. The lowest BCUT2D eigenvalue weighted by Crippen LogP contribution is -2.36. The molecule has 0 unspecified atom stereocenters. The summed E-state index contributed by atoms with van der Waals surface area (Å²) >= 11 is 0. The molecule has 3 N–H and O–H groups in total. The predicted octanol–water partition coefficient (Wildman–Crippen LogP) is 5.42. The first kappa shape index (κ1) is 25.4. The number of hydrogen-bond acceptors (Lipinski definition) is 4. The van der Waals surface area contributed by atoms with Gasteiger partial charge >= 0.3 is 0 Å². The van der Waals surface area contributed by atoms with Gasteiger partial charge in [0.1, 0.15) is 0 Å². The van der Waals surface area contributed by atoms with Crippen molar-refractivity contribution in [2.75, 3.05) is 10.0 Å². The molecule has 0 aliphatic heterocycles. The summed E-state index contributed by atoms with van der Waals surface area (Å²) in [5, 5.41) is 5.86. The quantitative estimate of drug-likeness (QED) is 0.399. The summed E-state index contributed by atoms with van der Waals surface area (Å²) in [6, 6.07) is 18.5. The molecule has 0 spiro atoms. The molecule has 4 rings (SSSR count). The number of benzene rings is 3. The number of rotatable bonds is 7. The molecule has 0 heterocycles. The lowest BCUT2D eigenvalue weighted by Gasteiger charge is -2.23. The van der Waals surface area contributed by atoms with Crippen molar-refractivity contribution in [2.45, 2.75) is 56.9 Å². The van der Waals surface area contributed by atoms with Crippen LogP contribution in [0.2, 0.25) is 0 Å². The van der Waals surface area contributed by atoms with Crippen LogP contribution < -0.4 is 15.4 Å². The minimum Gasteiger partial charge on any atom is -0.349 e. The van der Waals surface area contributed by atoms with E-state index in [1.54, 1.807) is 61.5 Å². The van der Waals surface area contributed by atoms with Gasteiger partial charge in [-0.25, -0.2) is 8.42 Å². The minimum absolute atomic E-state index is 0.0139. The molecule has 1 aliphatic carbocycles. The molecular weight excluding hydrogens is 474 g/mol. The SMILES string of the molecule is Cc1cccc(NS(=O)(=O)c2cc(C(=O)Nc3ccccc3C(=O)NC3CCCCC3)ccc2C)c1. The number of para-hydroxylation sites is 1. The first-order valence-corrected chi connectivity index (χ1v) is 13.6. The second-order valence-corrected chi connectivity index (χ2v) is 10.9. The van der Waals surface area contributed by atoms with E-state index in [0.29, 0.717) is 22.5 Å². The molecule has 1 saturated carbocycles. The monoisotopic (exact) mass is 505 g/mol. The maximum atomic E-state index is 13.1. The zero-order chi connectivity index (χ0) is 25.7. The highest BCUT2D eigenvalue weighted by Gasteiger charge is 2.22. The Bertz CT molecular complexity index is 1380. The zero-order valence-electron chi connectivity index (χ0n) is 20.5. The maximum Gasteiger partial charge on any atom is 0.262 e.